The molecular formula is C11H14ClN3O3. The van der Waals surface area contributed by atoms with Gasteiger partial charge in [0.1, 0.15) is 11.2 Å². The lowest BCUT2D eigenvalue weighted by Gasteiger charge is -2.05. The first-order valence-corrected chi connectivity index (χ1v) is 5.61. The number of carboxylic acids is 1. The highest BCUT2D eigenvalue weighted by Crippen LogP contribution is 2.19. The lowest BCUT2D eigenvalue weighted by molar-refractivity contribution is -0.140. The summed E-state index contributed by atoms with van der Waals surface area (Å²) in [6.45, 7) is 3.15. The monoisotopic (exact) mass is 271 g/mol. The van der Waals surface area contributed by atoms with Crippen LogP contribution in [0.2, 0.25) is 5.15 Å². The first-order valence-electron chi connectivity index (χ1n) is 5.23. The second-order valence-corrected chi connectivity index (χ2v) is 4.17. The fourth-order valence-electron chi connectivity index (χ4n) is 1.32. The molecule has 0 spiro atoms. The van der Waals surface area contributed by atoms with E-state index in [1.54, 1.807) is 14.0 Å². The Hall–Kier alpha value is -1.82. The minimum Gasteiger partial charge on any atom is -0.480 e. The lowest BCUT2D eigenvalue weighted by Crippen LogP contribution is -2.37. The van der Waals surface area contributed by atoms with Crippen LogP contribution in [0, 0.1) is 6.92 Å². The van der Waals surface area contributed by atoms with Gasteiger partial charge in [0.05, 0.1) is 5.69 Å². The fourth-order valence-corrected chi connectivity index (χ4v) is 1.56. The molecule has 0 aromatic carbocycles. The fraction of sp³-hybridized carbons (Fsp3) is 0.364. The number of nitrogens with zero attached hydrogens (tertiary/aromatic N) is 2. The summed E-state index contributed by atoms with van der Waals surface area (Å²) < 4.78 is 1.49. The number of carboxylic acid groups (broad SMARTS) is 1. The molecule has 0 saturated heterocycles. The Bertz CT molecular complexity index is 508. The van der Waals surface area contributed by atoms with Gasteiger partial charge in [-0.1, -0.05) is 11.6 Å². The molecule has 0 fully saturated rings. The molecule has 0 aliphatic rings. The van der Waals surface area contributed by atoms with Gasteiger partial charge in [-0.3, -0.25) is 14.3 Å². The van der Waals surface area contributed by atoms with Crippen LogP contribution in [-0.4, -0.2) is 32.8 Å². The van der Waals surface area contributed by atoms with Crippen molar-refractivity contribution in [2.24, 2.45) is 7.05 Å². The van der Waals surface area contributed by atoms with Gasteiger partial charge in [-0.05, 0) is 19.9 Å². The zero-order valence-electron chi connectivity index (χ0n) is 10.3. The first kappa shape index (κ1) is 14.2. The number of carbonyl (C=O) groups excluding carboxylic acids is 1. The number of aryl methyl sites for hydroxylation is 2. The topological polar surface area (TPSA) is 84.2 Å². The molecule has 18 heavy (non-hydrogen) atoms. The summed E-state index contributed by atoms with van der Waals surface area (Å²) in [5.41, 5.74) is 1.33. The predicted molar refractivity (Wildman–Crippen MR) is 67.2 cm³/mol. The number of amides is 1. The minimum absolute atomic E-state index is 0.419. The molecule has 0 aliphatic carbocycles. The Kier molecular flexibility index (Phi) is 4.49. The van der Waals surface area contributed by atoms with Crippen molar-refractivity contribution >= 4 is 29.6 Å². The molecule has 1 amide bonds. The SMILES string of the molecule is Cc1nn(C)c(Cl)c1C=CC(=O)NC(C)C(=O)O. The van der Waals surface area contributed by atoms with Crippen LogP contribution in [0.25, 0.3) is 6.08 Å². The summed E-state index contributed by atoms with van der Waals surface area (Å²) in [7, 11) is 1.69. The number of hydrogen-bond donors (Lipinski definition) is 2. The van der Waals surface area contributed by atoms with E-state index in [2.05, 4.69) is 10.4 Å². The van der Waals surface area contributed by atoms with Crippen molar-refractivity contribution in [3.8, 4) is 0 Å². The maximum atomic E-state index is 11.4. The molecule has 1 rings (SSSR count). The van der Waals surface area contributed by atoms with Gasteiger partial charge < -0.3 is 10.4 Å². The maximum absolute atomic E-state index is 11.4. The van der Waals surface area contributed by atoms with Crippen molar-refractivity contribution in [1.29, 1.82) is 0 Å². The van der Waals surface area contributed by atoms with Gasteiger partial charge in [0.2, 0.25) is 5.91 Å². The summed E-state index contributed by atoms with van der Waals surface area (Å²) in [5, 5.41) is 15.4. The van der Waals surface area contributed by atoms with Crippen molar-refractivity contribution in [2.45, 2.75) is 19.9 Å². The minimum atomic E-state index is -1.09. The lowest BCUT2D eigenvalue weighted by atomic mass is 10.2. The molecule has 1 heterocycles. The highest BCUT2D eigenvalue weighted by atomic mass is 35.5. The van der Waals surface area contributed by atoms with E-state index >= 15 is 0 Å². The molecule has 0 aliphatic heterocycles. The predicted octanol–water partition coefficient (Wildman–Crippen LogP) is 0.984. The third-order valence-corrected chi connectivity index (χ3v) is 2.77. The quantitative estimate of drug-likeness (QED) is 0.800. The number of rotatable bonds is 4. The highest BCUT2D eigenvalue weighted by Gasteiger charge is 2.12. The molecule has 1 unspecified atom stereocenters. The molecule has 0 saturated carbocycles. The molecule has 0 radical (unpaired) electrons. The van der Waals surface area contributed by atoms with Crippen LogP contribution in [0.5, 0.6) is 0 Å². The Morgan fingerprint density at radius 3 is 2.61 bits per heavy atom. The number of halogens is 1. The largest absolute Gasteiger partial charge is 0.480 e. The van der Waals surface area contributed by atoms with Gasteiger partial charge in [0, 0.05) is 18.7 Å². The number of aliphatic carboxylic acids is 1. The van der Waals surface area contributed by atoms with E-state index in [9.17, 15) is 9.59 Å². The number of nitrogens with one attached hydrogen (secondary N) is 1. The summed E-state index contributed by atoms with van der Waals surface area (Å²) in [5.74, 6) is -1.59. The standard InChI is InChI=1S/C11H14ClN3O3/c1-6-8(10(12)15(3)14-6)4-5-9(16)13-7(2)11(17)18/h4-5,7H,1-3H3,(H,13,16)(H,17,18). The molecule has 6 nitrogen and oxygen atoms in total. The zero-order chi connectivity index (χ0) is 13.9. The molecule has 1 atom stereocenters. The van der Waals surface area contributed by atoms with Gasteiger partial charge in [-0.2, -0.15) is 5.10 Å². The van der Waals surface area contributed by atoms with Crippen LogP contribution in [0.4, 0.5) is 0 Å². The van der Waals surface area contributed by atoms with Crippen molar-refractivity contribution in [3.05, 3.63) is 22.5 Å². The van der Waals surface area contributed by atoms with Crippen molar-refractivity contribution in [3.63, 3.8) is 0 Å². The number of carbonyl (C=O) groups is 2. The van der Waals surface area contributed by atoms with Crippen LogP contribution >= 0.6 is 11.6 Å². The summed E-state index contributed by atoms with van der Waals surface area (Å²) in [6.07, 6.45) is 2.74. The Morgan fingerprint density at radius 1 is 1.56 bits per heavy atom. The average Bonchev–Trinajstić information content (AvgIpc) is 2.51. The molecular weight excluding hydrogens is 258 g/mol. The van der Waals surface area contributed by atoms with Crippen LogP contribution in [0.15, 0.2) is 6.08 Å². The Labute approximate surface area is 109 Å². The maximum Gasteiger partial charge on any atom is 0.325 e. The average molecular weight is 272 g/mol. The van der Waals surface area contributed by atoms with E-state index in [0.29, 0.717) is 16.4 Å². The van der Waals surface area contributed by atoms with Crippen LogP contribution in [0.3, 0.4) is 0 Å². The van der Waals surface area contributed by atoms with Crippen molar-refractivity contribution < 1.29 is 14.7 Å². The molecule has 2 N–H and O–H groups in total. The van der Waals surface area contributed by atoms with E-state index in [0.717, 1.165) is 0 Å². The van der Waals surface area contributed by atoms with E-state index in [-0.39, 0.29) is 0 Å². The summed E-state index contributed by atoms with van der Waals surface area (Å²) >= 11 is 5.98. The van der Waals surface area contributed by atoms with E-state index in [1.165, 1.54) is 23.8 Å². The third kappa shape index (κ3) is 3.33. The molecule has 1 aromatic rings. The van der Waals surface area contributed by atoms with Crippen LogP contribution < -0.4 is 5.32 Å². The van der Waals surface area contributed by atoms with Gasteiger partial charge in [-0.25, -0.2) is 0 Å². The third-order valence-electron chi connectivity index (χ3n) is 2.33. The van der Waals surface area contributed by atoms with Gasteiger partial charge in [-0.15, -0.1) is 0 Å². The highest BCUT2D eigenvalue weighted by molar-refractivity contribution is 6.31. The molecule has 1 aromatic heterocycles. The normalized spacial score (nSPS) is 12.7. The zero-order valence-corrected chi connectivity index (χ0v) is 11.0. The van der Waals surface area contributed by atoms with Crippen molar-refractivity contribution in [2.75, 3.05) is 0 Å². The summed E-state index contributed by atoms with van der Waals surface area (Å²) in [4.78, 5) is 22.0. The van der Waals surface area contributed by atoms with E-state index in [4.69, 9.17) is 16.7 Å². The smallest absolute Gasteiger partial charge is 0.325 e. The number of aromatic nitrogens is 2. The second kappa shape index (κ2) is 5.68. The molecule has 7 heteroatoms. The van der Waals surface area contributed by atoms with Crippen molar-refractivity contribution in [1.82, 2.24) is 15.1 Å². The number of hydrogen-bond acceptors (Lipinski definition) is 3. The molecule has 98 valence electrons. The van der Waals surface area contributed by atoms with Crippen LogP contribution in [-0.2, 0) is 16.6 Å². The van der Waals surface area contributed by atoms with E-state index < -0.39 is 17.9 Å². The van der Waals surface area contributed by atoms with E-state index in [1.807, 2.05) is 0 Å². The molecule has 0 bridgehead atoms. The first-order chi connectivity index (χ1) is 8.32. The second-order valence-electron chi connectivity index (χ2n) is 3.82. The van der Waals surface area contributed by atoms with Gasteiger partial charge >= 0.3 is 5.97 Å². The van der Waals surface area contributed by atoms with Gasteiger partial charge in [0.25, 0.3) is 0 Å². The summed E-state index contributed by atoms with van der Waals surface area (Å²) in [6, 6.07) is -0.937. The van der Waals surface area contributed by atoms with Gasteiger partial charge in [0.15, 0.2) is 0 Å². The Balaban J connectivity index is 2.75. The van der Waals surface area contributed by atoms with Crippen LogP contribution in [0.1, 0.15) is 18.2 Å². The Morgan fingerprint density at radius 2 is 2.17 bits per heavy atom.